The summed E-state index contributed by atoms with van der Waals surface area (Å²) in [7, 11) is 0. The third-order valence-corrected chi connectivity index (χ3v) is 4.04. The Labute approximate surface area is 157 Å². The van der Waals surface area contributed by atoms with Crippen LogP contribution in [0.3, 0.4) is 0 Å². The summed E-state index contributed by atoms with van der Waals surface area (Å²) in [5.41, 5.74) is 3.67. The Kier molecular flexibility index (Phi) is 5.94. The second kappa shape index (κ2) is 8.75. The molecule has 0 aliphatic carbocycles. The number of benzene rings is 2. The van der Waals surface area contributed by atoms with Gasteiger partial charge in [-0.3, -0.25) is 9.59 Å². The maximum absolute atomic E-state index is 12.3. The zero-order valence-electron chi connectivity index (χ0n) is 15.1. The smallest absolute Gasteiger partial charge is 0.251 e. The summed E-state index contributed by atoms with van der Waals surface area (Å²) < 4.78 is 1.76. The first-order valence-electron chi connectivity index (χ1n) is 8.62. The Bertz CT molecular complexity index is 887. The van der Waals surface area contributed by atoms with E-state index in [2.05, 4.69) is 20.7 Å². The summed E-state index contributed by atoms with van der Waals surface area (Å²) in [6, 6.07) is 15.2. The van der Waals surface area contributed by atoms with E-state index in [-0.39, 0.29) is 11.8 Å². The molecule has 0 fully saturated rings. The molecule has 1 aromatic heterocycles. The van der Waals surface area contributed by atoms with Crippen LogP contribution in [0.25, 0.3) is 0 Å². The van der Waals surface area contributed by atoms with Crippen LogP contribution >= 0.6 is 0 Å². The summed E-state index contributed by atoms with van der Waals surface area (Å²) in [5.74, 6) is -0.211. The standard InChI is InChI=1S/C20H21N5O2/c1-15(26)22-10-17-6-8-19(9-7-17)20(27)23-11-16-2-4-18(5-3-16)12-25-14-21-13-24-25/h2-9,13-14H,10-12H2,1H3,(H,22,26)(H,23,27). The van der Waals surface area contributed by atoms with E-state index >= 15 is 0 Å². The molecule has 0 aliphatic rings. The van der Waals surface area contributed by atoms with Crippen molar-refractivity contribution in [2.24, 2.45) is 0 Å². The average Bonchev–Trinajstić information content (AvgIpc) is 3.19. The van der Waals surface area contributed by atoms with Crippen molar-refractivity contribution in [1.29, 1.82) is 0 Å². The number of amides is 2. The molecule has 2 amide bonds. The highest BCUT2D eigenvalue weighted by Gasteiger charge is 2.06. The van der Waals surface area contributed by atoms with Gasteiger partial charge in [0, 0.05) is 25.6 Å². The van der Waals surface area contributed by atoms with Crippen LogP contribution in [-0.2, 0) is 24.4 Å². The zero-order chi connectivity index (χ0) is 19.1. The van der Waals surface area contributed by atoms with Crippen LogP contribution in [0.1, 0.15) is 34.0 Å². The van der Waals surface area contributed by atoms with Gasteiger partial charge in [-0.05, 0) is 28.8 Å². The molecular formula is C20H21N5O2. The van der Waals surface area contributed by atoms with Gasteiger partial charge in [-0.15, -0.1) is 0 Å². The molecule has 7 heteroatoms. The Morgan fingerprint density at radius 1 is 0.889 bits per heavy atom. The second-order valence-electron chi connectivity index (χ2n) is 6.20. The number of nitrogens with zero attached hydrogens (tertiary/aromatic N) is 3. The quantitative estimate of drug-likeness (QED) is 0.671. The van der Waals surface area contributed by atoms with E-state index in [1.54, 1.807) is 23.1 Å². The Balaban J connectivity index is 1.50. The number of nitrogens with one attached hydrogen (secondary N) is 2. The van der Waals surface area contributed by atoms with Crippen molar-refractivity contribution >= 4 is 11.8 Å². The Hall–Kier alpha value is -3.48. The molecule has 2 N–H and O–H groups in total. The van der Waals surface area contributed by atoms with Crippen LogP contribution < -0.4 is 10.6 Å². The highest BCUT2D eigenvalue weighted by atomic mass is 16.2. The molecule has 7 nitrogen and oxygen atoms in total. The first kappa shape index (κ1) is 18.3. The summed E-state index contributed by atoms with van der Waals surface area (Å²) in [4.78, 5) is 27.1. The lowest BCUT2D eigenvalue weighted by Gasteiger charge is -2.08. The maximum Gasteiger partial charge on any atom is 0.251 e. The van der Waals surface area contributed by atoms with Gasteiger partial charge in [0.1, 0.15) is 12.7 Å². The minimum atomic E-state index is -0.132. The van der Waals surface area contributed by atoms with E-state index in [4.69, 9.17) is 0 Å². The summed E-state index contributed by atoms with van der Waals surface area (Å²) in [5, 5.41) is 9.72. The van der Waals surface area contributed by atoms with Gasteiger partial charge in [0.15, 0.2) is 0 Å². The van der Waals surface area contributed by atoms with Crippen LogP contribution in [0.5, 0.6) is 0 Å². The fourth-order valence-electron chi connectivity index (χ4n) is 2.55. The second-order valence-corrected chi connectivity index (χ2v) is 6.20. The van der Waals surface area contributed by atoms with Gasteiger partial charge in [-0.25, -0.2) is 9.67 Å². The van der Waals surface area contributed by atoms with E-state index in [0.717, 1.165) is 16.7 Å². The van der Waals surface area contributed by atoms with Gasteiger partial charge in [0.25, 0.3) is 5.91 Å². The molecule has 0 saturated carbocycles. The molecule has 1 heterocycles. The van der Waals surface area contributed by atoms with Crippen molar-refractivity contribution in [3.63, 3.8) is 0 Å². The molecule has 3 aromatic rings. The van der Waals surface area contributed by atoms with Crippen molar-refractivity contribution < 1.29 is 9.59 Å². The molecule has 27 heavy (non-hydrogen) atoms. The van der Waals surface area contributed by atoms with Crippen molar-refractivity contribution in [2.45, 2.75) is 26.6 Å². The molecular weight excluding hydrogens is 342 g/mol. The molecule has 0 aliphatic heterocycles. The molecule has 0 spiro atoms. The van der Waals surface area contributed by atoms with Crippen LogP contribution in [0.4, 0.5) is 0 Å². The summed E-state index contributed by atoms with van der Waals surface area (Å²) in [6.07, 6.45) is 3.19. The summed E-state index contributed by atoms with van der Waals surface area (Å²) >= 11 is 0. The van der Waals surface area contributed by atoms with Crippen molar-refractivity contribution in [2.75, 3.05) is 0 Å². The fraction of sp³-hybridized carbons (Fsp3) is 0.200. The van der Waals surface area contributed by atoms with Gasteiger partial charge < -0.3 is 10.6 Å². The van der Waals surface area contributed by atoms with E-state index in [9.17, 15) is 9.59 Å². The molecule has 0 unspecified atom stereocenters. The van der Waals surface area contributed by atoms with Gasteiger partial charge in [-0.1, -0.05) is 36.4 Å². The predicted molar refractivity (Wildman–Crippen MR) is 101 cm³/mol. The molecule has 138 valence electrons. The van der Waals surface area contributed by atoms with Crippen molar-refractivity contribution in [3.8, 4) is 0 Å². The van der Waals surface area contributed by atoms with Crippen LogP contribution in [-0.4, -0.2) is 26.6 Å². The number of hydrogen-bond donors (Lipinski definition) is 2. The highest BCUT2D eigenvalue weighted by Crippen LogP contribution is 2.08. The average molecular weight is 363 g/mol. The normalized spacial score (nSPS) is 10.4. The number of carbonyl (C=O) groups is 2. The van der Waals surface area contributed by atoms with E-state index in [1.807, 2.05) is 36.4 Å². The molecule has 0 saturated heterocycles. The van der Waals surface area contributed by atoms with Gasteiger partial charge >= 0.3 is 0 Å². The lowest BCUT2D eigenvalue weighted by molar-refractivity contribution is -0.119. The monoisotopic (exact) mass is 363 g/mol. The van der Waals surface area contributed by atoms with Crippen LogP contribution in [0.2, 0.25) is 0 Å². The highest BCUT2D eigenvalue weighted by molar-refractivity contribution is 5.94. The predicted octanol–water partition coefficient (Wildman–Crippen LogP) is 1.89. The fourth-order valence-corrected chi connectivity index (χ4v) is 2.55. The number of rotatable bonds is 7. The molecule has 3 rings (SSSR count). The van der Waals surface area contributed by atoms with E-state index in [0.29, 0.717) is 25.2 Å². The third-order valence-electron chi connectivity index (χ3n) is 4.04. The maximum atomic E-state index is 12.3. The summed E-state index contributed by atoms with van der Waals surface area (Å²) in [6.45, 7) is 3.05. The Morgan fingerprint density at radius 2 is 1.48 bits per heavy atom. The number of hydrogen-bond acceptors (Lipinski definition) is 4. The topological polar surface area (TPSA) is 88.9 Å². The van der Waals surface area contributed by atoms with Crippen LogP contribution in [0.15, 0.2) is 61.2 Å². The van der Waals surface area contributed by atoms with Crippen LogP contribution in [0, 0.1) is 0 Å². The minimum absolute atomic E-state index is 0.0795. The largest absolute Gasteiger partial charge is 0.352 e. The van der Waals surface area contributed by atoms with E-state index in [1.165, 1.54) is 13.3 Å². The van der Waals surface area contributed by atoms with Crippen molar-refractivity contribution in [1.82, 2.24) is 25.4 Å². The SMILES string of the molecule is CC(=O)NCc1ccc(C(=O)NCc2ccc(Cn3cncn3)cc2)cc1. The van der Waals surface area contributed by atoms with Gasteiger partial charge in [0.05, 0.1) is 6.54 Å². The van der Waals surface area contributed by atoms with Crippen molar-refractivity contribution in [3.05, 3.63) is 83.4 Å². The van der Waals surface area contributed by atoms with Gasteiger partial charge in [0.2, 0.25) is 5.91 Å². The Morgan fingerprint density at radius 3 is 2.07 bits per heavy atom. The third kappa shape index (κ3) is 5.50. The lowest BCUT2D eigenvalue weighted by atomic mass is 10.1. The molecule has 0 bridgehead atoms. The molecule has 0 radical (unpaired) electrons. The first-order valence-corrected chi connectivity index (χ1v) is 8.62. The zero-order valence-corrected chi connectivity index (χ0v) is 15.1. The number of carbonyl (C=O) groups excluding carboxylic acids is 2. The lowest BCUT2D eigenvalue weighted by Crippen LogP contribution is -2.23. The minimum Gasteiger partial charge on any atom is -0.352 e. The number of aromatic nitrogens is 3. The van der Waals surface area contributed by atoms with Gasteiger partial charge in [-0.2, -0.15) is 5.10 Å². The van der Waals surface area contributed by atoms with E-state index < -0.39 is 0 Å². The molecule has 2 aromatic carbocycles. The first-order chi connectivity index (χ1) is 13.1. The molecule has 0 atom stereocenters.